The Labute approximate surface area is 185 Å². The van der Waals surface area contributed by atoms with E-state index in [1.54, 1.807) is 18.7 Å². The van der Waals surface area contributed by atoms with Crippen LogP contribution in [0.2, 0.25) is 0 Å². The van der Waals surface area contributed by atoms with Crippen molar-refractivity contribution in [3.63, 3.8) is 0 Å². The summed E-state index contributed by atoms with van der Waals surface area (Å²) in [5, 5.41) is 33.0. The molecule has 170 valence electrons. The molecule has 9 nitrogen and oxygen atoms in total. The summed E-state index contributed by atoms with van der Waals surface area (Å²) in [4.78, 5) is 26.6. The van der Waals surface area contributed by atoms with Gasteiger partial charge in [0.1, 0.15) is 18.5 Å². The molecule has 2 saturated heterocycles. The molecule has 31 heavy (non-hydrogen) atoms. The summed E-state index contributed by atoms with van der Waals surface area (Å²) >= 11 is 1.57. The number of carboxylic acid groups (broad SMARTS) is 1. The van der Waals surface area contributed by atoms with E-state index in [-0.39, 0.29) is 35.4 Å². The van der Waals surface area contributed by atoms with Crippen molar-refractivity contribution in [2.45, 2.75) is 63.3 Å². The lowest BCUT2D eigenvalue weighted by Crippen LogP contribution is -2.63. The van der Waals surface area contributed by atoms with Crippen LogP contribution in [0.4, 0.5) is 0 Å². The van der Waals surface area contributed by atoms with Gasteiger partial charge in [-0.25, -0.2) is 13.9 Å². The summed E-state index contributed by atoms with van der Waals surface area (Å²) < 4.78 is 3.98. The van der Waals surface area contributed by atoms with Crippen LogP contribution in [0.3, 0.4) is 0 Å². The number of aryl methyl sites for hydroxylation is 2. The number of nitrogens with zero attached hydrogens (tertiary/aromatic N) is 3. The van der Waals surface area contributed by atoms with Crippen LogP contribution in [0.5, 0.6) is 0 Å². The van der Waals surface area contributed by atoms with Gasteiger partial charge in [-0.15, -0.1) is 11.8 Å². The number of rotatable bonds is 8. The molecule has 1 amide bonds. The highest BCUT2D eigenvalue weighted by atomic mass is 32.2. The van der Waals surface area contributed by atoms with Crippen LogP contribution in [0.15, 0.2) is 23.1 Å². The minimum atomic E-state index is -1.08. The number of aromatic nitrogens is 2. The number of imidazole rings is 1. The van der Waals surface area contributed by atoms with Gasteiger partial charge in [0.05, 0.1) is 31.7 Å². The average Bonchev–Trinajstić information content (AvgIpc) is 3.36. The van der Waals surface area contributed by atoms with Gasteiger partial charge >= 0.3 is 5.97 Å². The molecule has 2 fully saturated rings. The van der Waals surface area contributed by atoms with Crippen molar-refractivity contribution in [2.75, 3.05) is 6.54 Å². The number of carbonyl (C=O) groups excluding carboxylic acids is 1. The van der Waals surface area contributed by atoms with Gasteiger partial charge in [-0.2, -0.15) is 0 Å². The first kappa shape index (κ1) is 22.3. The number of hydrogen-bond donors (Lipinski definition) is 4. The Hall–Kier alpha value is -1.88. The lowest BCUT2D eigenvalue weighted by atomic mass is 9.79. The van der Waals surface area contributed by atoms with Gasteiger partial charge in [-0.3, -0.25) is 4.79 Å². The summed E-state index contributed by atoms with van der Waals surface area (Å²) in [6, 6.07) is 0.0452. The number of aliphatic carboxylic acids is 1. The number of thioether (sulfide) groups is 1. The van der Waals surface area contributed by atoms with Crippen LogP contribution in [0, 0.1) is 11.8 Å². The molecular weight excluding hydrogens is 420 g/mol. The van der Waals surface area contributed by atoms with Crippen molar-refractivity contribution >= 4 is 23.6 Å². The van der Waals surface area contributed by atoms with E-state index in [0.717, 1.165) is 36.5 Å². The van der Waals surface area contributed by atoms with Crippen molar-refractivity contribution < 1.29 is 29.5 Å². The lowest BCUT2D eigenvalue weighted by molar-refractivity contribution is -0.671. The lowest BCUT2D eigenvalue weighted by Gasteiger charge is -2.46. The number of amides is 1. The number of β-lactam (4-membered cyclic amide) rings is 1. The average molecular weight is 452 g/mol. The second-order valence-electron chi connectivity index (χ2n) is 8.89. The van der Waals surface area contributed by atoms with Gasteiger partial charge < -0.3 is 25.5 Å². The number of hydrogen-bond acceptors (Lipinski definition) is 6. The highest BCUT2D eigenvalue weighted by Crippen LogP contribution is 2.51. The zero-order valence-electron chi connectivity index (χ0n) is 18.1. The van der Waals surface area contributed by atoms with Crippen molar-refractivity contribution in [2.24, 2.45) is 18.9 Å². The van der Waals surface area contributed by atoms with Crippen molar-refractivity contribution in [1.29, 1.82) is 0 Å². The fourth-order valence-corrected chi connectivity index (χ4v) is 6.73. The van der Waals surface area contributed by atoms with Gasteiger partial charge in [0.25, 0.3) is 0 Å². The largest absolute Gasteiger partial charge is 0.477 e. The first-order valence-corrected chi connectivity index (χ1v) is 11.6. The van der Waals surface area contributed by atoms with E-state index in [1.807, 2.05) is 31.1 Å². The number of carboxylic acids is 1. The fraction of sp³-hybridized carbons (Fsp3) is 0.667. The SMILES string of the molecule is C[C@@H](O)[C@H]1C(=O)N2C(C(=O)O)=C(S[C@@H]3CN[C@H](CCn4c[n+](C)cc4CO)C3)[C@H](C)[C@H]12. The molecule has 0 unspecified atom stereocenters. The number of carbonyl (C=O) groups is 2. The molecule has 3 aliphatic rings. The monoisotopic (exact) mass is 451 g/mol. The van der Waals surface area contributed by atoms with E-state index < -0.39 is 18.0 Å². The van der Waals surface area contributed by atoms with Crippen molar-refractivity contribution in [3.05, 3.63) is 28.8 Å². The molecule has 0 saturated carbocycles. The minimum absolute atomic E-state index is 0.00522. The number of nitrogens with one attached hydrogen (secondary N) is 1. The molecule has 3 aliphatic heterocycles. The molecule has 0 radical (unpaired) electrons. The van der Waals surface area contributed by atoms with Gasteiger partial charge in [0.15, 0.2) is 5.69 Å². The van der Waals surface area contributed by atoms with Crippen LogP contribution in [0.25, 0.3) is 0 Å². The highest BCUT2D eigenvalue weighted by molar-refractivity contribution is 8.03. The molecule has 4 heterocycles. The minimum Gasteiger partial charge on any atom is -0.477 e. The Morgan fingerprint density at radius 2 is 2.19 bits per heavy atom. The first-order chi connectivity index (χ1) is 14.7. The quantitative estimate of drug-likeness (QED) is 0.320. The molecule has 6 atom stereocenters. The third kappa shape index (κ3) is 3.90. The number of aliphatic hydroxyl groups excluding tert-OH is 2. The topological polar surface area (TPSA) is 119 Å². The summed E-state index contributed by atoms with van der Waals surface area (Å²) in [5.74, 6) is -1.99. The van der Waals surface area contributed by atoms with Gasteiger partial charge in [0.2, 0.25) is 12.2 Å². The molecule has 0 aliphatic carbocycles. The molecule has 4 rings (SSSR count). The van der Waals surface area contributed by atoms with E-state index in [1.165, 1.54) is 4.90 Å². The zero-order chi connectivity index (χ0) is 22.4. The van der Waals surface area contributed by atoms with Crippen LogP contribution >= 0.6 is 11.8 Å². The third-order valence-electron chi connectivity index (χ3n) is 6.71. The highest BCUT2D eigenvalue weighted by Gasteiger charge is 2.60. The van der Waals surface area contributed by atoms with E-state index >= 15 is 0 Å². The van der Waals surface area contributed by atoms with E-state index in [2.05, 4.69) is 9.88 Å². The molecule has 10 heteroatoms. The van der Waals surface area contributed by atoms with Crippen molar-refractivity contribution in [3.8, 4) is 0 Å². The molecule has 0 spiro atoms. The summed E-state index contributed by atoms with van der Waals surface area (Å²) in [5.41, 5.74) is 0.976. The van der Waals surface area contributed by atoms with Crippen molar-refractivity contribution in [1.82, 2.24) is 14.8 Å². The zero-order valence-corrected chi connectivity index (χ0v) is 18.9. The van der Waals surface area contributed by atoms with Gasteiger partial charge in [-0.05, 0) is 13.3 Å². The van der Waals surface area contributed by atoms with Gasteiger partial charge in [-0.1, -0.05) is 6.92 Å². The fourth-order valence-electron chi connectivity index (χ4n) is 5.21. The molecule has 1 aromatic rings. The van der Waals surface area contributed by atoms with Gasteiger partial charge in [0, 0.05) is 35.1 Å². The summed E-state index contributed by atoms with van der Waals surface area (Å²) in [7, 11) is 1.93. The maximum Gasteiger partial charge on any atom is 0.353 e. The second-order valence-corrected chi connectivity index (χ2v) is 10.2. The predicted octanol–water partition coefficient (Wildman–Crippen LogP) is -0.188. The third-order valence-corrected chi connectivity index (χ3v) is 8.22. The predicted molar refractivity (Wildman–Crippen MR) is 114 cm³/mol. The summed E-state index contributed by atoms with van der Waals surface area (Å²) in [6.45, 7) is 5.14. The Morgan fingerprint density at radius 1 is 1.45 bits per heavy atom. The second kappa shape index (κ2) is 8.57. The van der Waals surface area contributed by atoms with Crippen LogP contribution in [0.1, 0.15) is 32.4 Å². The molecule has 4 N–H and O–H groups in total. The standard InChI is InChI=1S/C21H30N4O5S/c1-11-17-16(12(2)27)20(28)25(17)18(21(29)30)19(11)31-15-6-13(22-7-15)4-5-24-10-23(3)8-14(24)9-26/h8,10-13,15-17,22,26-27H,4-7,9H2,1-3H3/p+1/t11-,12-,13-,15+,16-,17-/m1/s1. The smallest absolute Gasteiger partial charge is 0.353 e. The normalized spacial score (nSPS) is 31.2. The molecule has 0 aromatic carbocycles. The Bertz CT molecular complexity index is 914. The van der Waals surface area contributed by atoms with E-state index in [0.29, 0.717) is 6.04 Å². The molecular formula is C21H31N4O5S+. The maximum absolute atomic E-state index is 12.5. The summed E-state index contributed by atoms with van der Waals surface area (Å²) in [6.07, 6.45) is 4.92. The van der Waals surface area contributed by atoms with E-state index in [4.69, 9.17) is 0 Å². The Kier molecular flexibility index (Phi) is 6.17. The Balaban J connectivity index is 1.40. The van der Waals surface area contributed by atoms with Crippen LogP contribution in [-0.2, 0) is 29.8 Å². The number of fused-ring (bicyclic) bond motifs is 1. The Morgan fingerprint density at radius 3 is 2.84 bits per heavy atom. The maximum atomic E-state index is 12.5. The first-order valence-electron chi connectivity index (χ1n) is 10.8. The number of aliphatic hydroxyl groups is 2. The van der Waals surface area contributed by atoms with E-state index in [9.17, 15) is 24.9 Å². The molecule has 0 bridgehead atoms. The van der Waals surface area contributed by atoms with Crippen LogP contribution in [-0.4, -0.2) is 66.6 Å². The van der Waals surface area contributed by atoms with Crippen LogP contribution < -0.4 is 9.88 Å². The molecule has 1 aromatic heterocycles.